The third-order valence-electron chi connectivity index (χ3n) is 5.45. The summed E-state index contributed by atoms with van der Waals surface area (Å²) in [6.45, 7) is 6.52. The monoisotopic (exact) mass is 464 g/mol. The summed E-state index contributed by atoms with van der Waals surface area (Å²) < 4.78 is 0. The molecular formula is C26H25ClN2O2S. The van der Waals surface area contributed by atoms with Gasteiger partial charge in [-0.25, -0.2) is 0 Å². The van der Waals surface area contributed by atoms with Gasteiger partial charge in [-0.1, -0.05) is 68.8 Å². The molecule has 4 rings (SSSR count). The van der Waals surface area contributed by atoms with Gasteiger partial charge in [-0.15, -0.1) is 11.8 Å². The van der Waals surface area contributed by atoms with Gasteiger partial charge in [0.15, 0.2) is 0 Å². The Balaban J connectivity index is 1.52. The van der Waals surface area contributed by atoms with Crippen LogP contribution in [0.5, 0.6) is 0 Å². The van der Waals surface area contributed by atoms with E-state index in [0.717, 1.165) is 11.3 Å². The number of nitrogens with one attached hydrogen (secondary N) is 1. The van der Waals surface area contributed by atoms with Gasteiger partial charge >= 0.3 is 0 Å². The molecule has 1 saturated heterocycles. The van der Waals surface area contributed by atoms with Crippen molar-refractivity contribution in [1.29, 1.82) is 0 Å². The molecule has 3 aromatic carbocycles. The predicted octanol–water partition coefficient (Wildman–Crippen LogP) is 6.67. The largest absolute Gasteiger partial charge is 0.322 e. The number of halogens is 1. The smallest absolute Gasteiger partial charge is 0.257 e. The maximum absolute atomic E-state index is 12.7. The molecule has 4 nitrogen and oxygen atoms in total. The average Bonchev–Trinajstić information content (AvgIpc) is 3.15. The van der Waals surface area contributed by atoms with E-state index in [1.54, 1.807) is 36.0 Å². The Labute approximate surface area is 198 Å². The molecule has 6 heteroatoms. The normalized spacial score (nSPS) is 16.3. The van der Waals surface area contributed by atoms with Crippen molar-refractivity contribution in [1.82, 2.24) is 0 Å². The lowest BCUT2D eigenvalue weighted by Gasteiger charge is -2.26. The number of hydrogen-bond donors (Lipinski definition) is 1. The topological polar surface area (TPSA) is 49.4 Å². The second kappa shape index (κ2) is 9.00. The standard InChI is InChI=1S/C26H25ClN2O2S/c1-26(2,3)18-10-14-20(15-11-18)29-23(30)16-32-25(29)17-8-12-19(13-9-17)28-24(31)21-6-4-5-7-22(21)27/h4-15,25H,16H2,1-3H3,(H,28,31)/t25-/m1/s1. The highest BCUT2D eigenvalue weighted by Crippen LogP contribution is 2.42. The Morgan fingerprint density at radius 1 is 1.00 bits per heavy atom. The summed E-state index contributed by atoms with van der Waals surface area (Å²) in [5.41, 5.74) is 4.31. The van der Waals surface area contributed by atoms with Crippen molar-refractivity contribution in [2.45, 2.75) is 31.6 Å². The minimum atomic E-state index is -0.255. The lowest BCUT2D eigenvalue weighted by atomic mass is 9.87. The molecule has 1 heterocycles. The number of thioether (sulfide) groups is 1. The van der Waals surface area contributed by atoms with Gasteiger partial charge in [-0.3, -0.25) is 14.5 Å². The molecule has 32 heavy (non-hydrogen) atoms. The van der Waals surface area contributed by atoms with Crippen LogP contribution in [0.2, 0.25) is 5.02 Å². The maximum Gasteiger partial charge on any atom is 0.257 e. The molecule has 1 aliphatic heterocycles. The van der Waals surface area contributed by atoms with Gasteiger partial charge < -0.3 is 5.32 Å². The highest BCUT2D eigenvalue weighted by Gasteiger charge is 2.34. The second-order valence-corrected chi connectivity index (χ2v) is 10.3. The Hall–Kier alpha value is -2.76. The van der Waals surface area contributed by atoms with Crippen molar-refractivity contribution < 1.29 is 9.59 Å². The molecule has 0 radical (unpaired) electrons. The molecule has 0 unspecified atom stereocenters. The summed E-state index contributed by atoms with van der Waals surface area (Å²) >= 11 is 7.72. The number of benzene rings is 3. The molecule has 0 aromatic heterocycles. The van der Waals surface area contributed by atoms with Gasteiger partial charge in [-0.05, 0) is 52.9 Å². The van der Waals surface area contributed by atoms with Gasteiger partial charge in [0, 0.05) is 11.4 Å². The van der Waals surface area contributed by atoms with Crippen molar-refractivity contribution >= 4 is 46.6 Å². The van der Waals surface area contributed by atoms with E-state index in [4.69, 9.17) is 11.6 Å². The lowest BCUT2D eigenvalue weighted by molar-refractivity contribution is -0.115. The molecule has 0 bridgehead atoms. The van der Waals surface area contributed by atoms with E-state index < -0.39 is 0 Å². The number of nitrogens with zero attached hydrogens (tertiary/aromatic N) is 1. The summed E-state index contributed by atoms with van der Waals surface area (Å²) in [7, 11) is 0. The van der Waals surface area contributed by atoms with E-state index in [1.165, 1.54) is 5.56 Å². The van der Waals surface area contributed by atoms with Gasteiger partial charge in [0.1, 0.15) is 5.37 Å². The number of hydrogen-bond acceptors (Lipinski definition) is 3. The minimum absolute atomic E-state index is 0.0615. The van der Waals surface area contributed by atoms with Crippen LogP contribution < -0.4 is 10.2 Å². The number of anilines is 2. The first kappa shape index (κ1) is 22.4. The number of carbonyl (C=O) groups excluding carboxylic acids is 2. The highest BCUT2D eigenvalue weighted by atomic mass is 35.5. The van der Waals surface area contributed by atoms with Gasteiger partial charge in [0.25, 0.3) is 5.91 Å². The highest BCUT2D eigenvalue weighted by molar-refractivity contribution is 8.00. The van der Waals surface area contributed by atoms with Gasteiger partial charge in [-0.2, -0.15) is 0 Å². The van der Waals surface area contributed by atoms with Crippen molar-refractivity contribution in [2.24, 2.45) is 0 Å². The summed E-state index contributed by atoms with van der Waals surface area (Å²) in [6, 6.07) is 22.8. The fourth-order valence-corrected chi connectivity index (χ4v) is 5.05. The zero-order chi connectivity index (χ0) is 22.9. The van der Waals surface area contributed by atoms with E-state index in [-0.39, 0.29) is 22.6 Å². The summed E-state index contributed by atoms with van der Waals surface area (Å²) in [5.74, 6) is 0.283. The third kappa shape index (κ3) is 4.69. The van der Waals surface area contributed by atoms with Gasteiger partial charge in [0.05, 0.1) is 16.3 Å². The summed E-state index contributed by atoms with van der Waals surface area (Å²) in [6.07, 6.45) is 0. The molecule has 0 aliphatic carbocycles. The molecular weight excluding hydrogens is 440 g/mol. The fraction of sp³-hybridized carbons (Fsp3) is 0.231. The fourth-order valence-electron chi connectivity index (χ4n) is 3.65. The summed E-state index contributed by atoms with van der Waals surface area (Å²) in [4.78, 5) is 27.0. The van der Waals surface area contributed by atoms with Crippen LogP contribution in [-0.2, 0) is 10.2 Å². The van der Waals surface area contributed by atoms with Crippen LogP contribution in [0, 0.1) is 0 Å². The van der Waals surface area contributed by atoms with Crippen LogP contribution in [0.25, 0.3) is 0 Å². The number of carbonyl (C=O) groups is 2. The molecule has 3 aromatic rings. The third-order valence-corrected chi connectivity index (χ3v) is 6.99. The first-order valence-corrected chi connectivity index (χ1v) is 11.9. The molecule has 1 fully saturated rings. The molecule has 0 saturated carbocycles. The molecule has 1 aliphatic rings. The minimum Gasteiger partial charge on any atom is -0.322 e. The lowest BCUT2D eigenvalue weighted by Crippen LogP contribution is -2.28. The average molecular weight is 465 g/mol. The Morgan fingerprint density at radius 3 is 2.28 bits per heavy atom. The van der Waals surface area contributed by atoms with Crippen LogP contribution in [0.4, 0.5) is 11.4 Å². The van der Waals surface area contributed by atoms with E-state index >= 15 is 0 Å². The number of rotatable bonds is 4. The van der Waals surface area contributed by atoms with E-state index in [0.29, 0.717) is 22.0 Å². The van der Waals surface area contributed by atoms with Crippen LogP contribution in [-0.4, -0.2) is 17.6 Å². The molecule has 1 N–H and O–H groups in total. The van der Waals surface area contributed by atoms with Crippen molar-refractivity contribution in [3.05, 3.63) is 94.5 Å². The Kier molecular flexibility index (Phi) is 6.31. The summed E-state index contributed by atoms with van der Waals surface area (Å²) in [5, 5.41) is 3.19. The second-order valence-electron chi connectivity index (χ2n) is 8.78. The molecule has 2 amide bonds. The van der Waals surface area contributed by atoms with Crippen molar-refractivity contribution in [3.8, 4) is 0 Å². The van der Waals surface area contributed by atoms with Crippen LogP contribution in [0.1, 0.15) is 47.6 Å². The van der Waals surface area contributed by atoms with Gasteiger partial charge in [0.2, 0.25) is 5.91 Å². The molecule has 164 valence electrons. The SMILES string of the molecule is CC(C)(C)c1ccc(N2C(=O)CS[C@@H]2c2ccc(NC(=O)c3ccccc3Cl)cc2)cc1. The van der Waals surface area contributed by atoms with Crippen LogP contribution in [0.15, 0.2) is 72.8 Å². The van der Waals surface area contributed by atoms with Crippen LogP contribution in [0.3, 0.4) is 0 Å². The zero-order valence-corrected chi connectivity index (χ0v) is 19.8. The van der Waals surface area contributed by atoms with E-state index in [9.17, 15) is 9.59 Å². The number of amides is 2. The zero-order valence-electron chi connectivity index (χ0n) is 18.3. The Bertz CT molecular complexity index is 1140. The van der Waals surface area contributed by atoms with E-state index in [2.05, 4.69) is 38.2 Å². The maximum atomic E-state index is 12.7. The predicted molar refractivity (Wildman–Crippen MR) is 134 cm³/mol. The van der Waals surface area contributed by atoms with Crippen molar-refractivity contribution in [3.63, 3.8) is 0 Å². The first-order chi connectivity index (χ1) is 15.2. The Morgan fingerprint density at radius 2 is 1.66 bits per heavy atom. The first-order valence-electron chi connectivity index (χ1n) is 10.4. The van der Waals surface area contributed by atoms with E-state index in [1.807, 2.05) is 41.3 Å². The molecule has 1 atom stereocenters. The molecule has 0 spiro atoms. The van der Waals surface area contributed by atoms with Crippen molar-refractivity contribution in [2.75, 3.05) is 16.0 Å². The van der Waals surface area contributed by atoms with Crippen LogP contribution >= 0.6 is 23.4 Å². The quantitative estimate of drug-likeness (QED) is 0.469.